The molecule has 0 aliphatic rings. The van der Waals surface area contributed by atoms with Crippen molar-refractivity contribution in [2.75, 3.05) is 6.61 Å². The molecule has 0 aliphatic carbocycles. The number of amides is 1. The van der Waals surface area contributed by atoms with Gasteiger partial charge in [-0.15, -0.1) is 0 Å². The minimum absolute atomic E-state index is 0.0461. The summed E-state index contributed by atoms with van der Waals surface area (Å²) in [5.41, 5.74) is 1.86. The standard InChI is InChI=1S/C16H17NO4S/c1-11(13-5-6-22-10-13)16(20)17-8-12-3-2-4-14(7-12)21-9-15(18)19/h2-7,10-11H,8-9H2,1H3,(H,17,20)(H,18,19). The summed E-state index contributed by atoms with van der Waals surface area (Å²) < 4.78 is 5.11. The molecule has 0 radical (unpaired) electrons. The van der Waals surface area contributed by atoms with Gasteiger partial charge in [0.1, 0.15) is 5.75 Å². The van der Waals surface area contributed by atoms with Gasteiger partial charge in [-0.3, -0.25) is 4.79 Å². The fourth-order valence-electron chi connectivity index (χ4n) is 1.91. The molecule has 0 spiro atoms. The van der Waals surface area contributed by atoms with Gasteiger partial charge in [-0.05, 0) is 47.0 Å². The van der Waals surface area contributed by atoms with Gasteiger partial charge in [0.25, 0.3) is 0 Å². The zero-order valence-corrected chi connectivity index (χ0v) is 12.9. The number of ether oxygens (including phenoxy) is 1. The lowest BCUT2D eigenvalue weighted by molar-refractivity contribution is -0.139. The van der Waals surface area contributed by atoms with Crippen LogP contribution in [0.15, 0.2) is 41.1 Å². The van der Waals surface area contributed by atoms with Crippen LogP contribution in [-0.2, 0) is 16.1 Å². The fraction of sp³-hybridized carbons (Fsp3) is 0.250. The topological polar surface area (TPSA) is 75.6 Å². The third-order valence-electron chi connectivity index (χ3n) is 3.16. The summed E-state index contributed by atoms with van der Waals surface area (Å²) in [5, 5.41) is 15.4. The summed E-state index contributed by atoms with van der Waals surface area (Å²) in [6.45, 7) is 1.85. The maximum absolute atomic E-state index is 12.1. The van der Waals surface area contributed by atoms with E-state index in [1.165, 1.54) is 0 Å². The highest BCUT2D eigenvalue weighted by Gasteiger charge is 2.15. The zero-order chi connectivity index (χ0) is 15.9. The molecule has 5 nitrogen and oxygen atoms in total. The van der Waals surface area contributed by atoms with Gasteiger partial charge < -0.3 is 15.2 Å². The first kappa shape index (κ1) is 16.0. The van der Waals surface area contributed by atoms with Crippen molar-refractivity contribution in [3.63, 3.8) is 0 Å². The third kappa shape index (κ3) is 4.60. The van der Waals surface area contributed by atoms with Gasteiger partial charge in [-0.2, -0.15) is 11.3 Å². The molecule has 2 rings (SSSR count). The number of thiophene rings is 1. The summed E-state index contributed by atoms with van der Waals surface area (Å²) in [5.74, 6) is -0.795. The molecule has 6 heteroatoms. The molecule has 1 atom stereocenters. The van der Waals surface area contributed by atoms with Crippen molar-refractivity contribution in [3.8, 4) is 5.75 Å². The summed E-state index contributed by atoms with van der Waals surface area (Å²) in [6, 6.07) is 8.96. The molecule has 1 aromatic heterocycles. The number of hydrogen-bond acceptors (Lipinski definition) is 4. The van der Waals surface area contributed by atoms with Crippen molar-refractivity contribution in [2.24, 2.45) is 0 Å². The van der Waals surface area contributed by atoms with Crippen LogP contribution in [0.25, 0.3) is 0 Å². The van der Waals surface area contributed by atoms with E-state index in [-0.39, 0.29) is 18.4 Å². The lowest BCUT2D eigenvalue weighted by Gasteiger charge is -2.11. The molecule has 0 aliphatic heterocycles. The van der Waals surface area contributed by atoms with Crippen LogP contribution in [0, 0.1) is 0 Å². The fourth-order valence-corrected chi connectivity index (χ4v) is 2.66. The van der Waals surface area contributed by atoms with Gasteiger partial charge in [0, 0.05) is 6.54 Å². The molecule has 1 unspecified atom stereocenters. The van der Waals surface area contributed by atoms with Crippen molar-refractivity contribution in [1.82, 2.24) is 5.32 Å². The Balaban J connectivity index is 1.89. The predicted octanol–water partition coefficient (Wildman–Crippen LogP) is 2.63. The first-order chi connectivity index (χ1) is 10.6. The molecule has 1 heterocycles. The van der Waals surface area contributed by atoms with Gasteiger partial charge in [0.15, 0.2) is 6.61 Å². The Bertz CT molecular complexity index is 639. The molecule has 0 saturated carbocycles. The summed E-state index contributed by atoms with van der Waals surface area (Å²) in [7, 11) is 0. The number of carbonyl (C=O) groups is 2. The quantitative estimate of drug-likeness (QED) is 0.822. The van der Waals surface area contributed by atoms with Crippen molar-refractivity contribution in [2.45, 2.75) is 19.4 Å². The van der Waals surface area contributed by atoms with E-state index in [9.17, 15) is 9.59 Å². The molecule has 1 aromatic carbocycles. The van der Waals surface area contributed by atoms with Crippen molar-refractivity contribution < 1.29 is 19.4 Å². The largest absolute Gasteiger partial charge is 0.482 e. The number of aliphatic carboxylic acids is 1. The van der Waals surface area contributed by atoms with Crippen LogP contribution in [0.3, 0.4) is 0 Å². The zero-order valence-electron chi connectivity index (χ0n) is 12.1. The van der Waals surface area contributed by atoms with Crippen molar-refractivity contribution in [3.05, 3.63) is 52.2 Å². The van der Waals surface area contributed by atoms with E-state index < -0.39 is 5.97 Å². The summed E-state index contributed by atoms with van der Waals surface area (Å²) >= 11 is 1.57. The minimum Gasteiger partial charge on any atom is -0.482 e. The Kier molecular flexibility index (Phi) is 5.55. The molecular formula is C16H17NO4S. The van der Waals surface area contributed by atoms with E-state index in [2.05, 4.69) is 5.32 Å². The number of carboxylic acid groups (broad SMARTS) is 1. The maximum Gasteiger partial charge on any atom is 0.341 e. The number of carbonyl (C=O) groups excluding carboxylic acids is 1. The number of rotatable bonds is 7. The first-order valence-electron chi connectivity index (χ1n) is 6.79. The second kappa shape index (κ2) is 7.61. The maximum atomic E-state index is 12.1. The van der Waals surface area contributed by atoms with E-state index in [0.717, 1.165) is 11.1 Å². The normalized spacial score (nSPS) is 11.7. The second-order valence-corrected chi connectivity index (χ2v) is 5.61. The van der Waals surface area contributed by atoms with Gasteiger partial charge in [-0.25, -0.2) is 4.79 Å². The molecule has 116 valence electrons. The predicted molar refractivity (Wildman–Crippen MR) is 84.2 cm³/mol. The first-order valence-corrected chi connectivity index (χ1v) is 7.74. The average molecular weight is 319 g/mol. The smallest absolute Gasteiger partial charge is 0.341 e. The van der Waals surface area contributed by atoms with E-state index in [1.807, 2.05) is 29.8 Å². The second-order valence-electron chi connectivity index (χ2n) is 4.83. The van der Waals surface area contributed by atoms with Crippen LogP contribution in [0.2, 0.25) is 0 Å². The average Bonchev–Trinajstić information content (AvgIpc) is 3.04. The monoisotopic (exact) mass is 319 g/mol. The molecule has 0 bridgehead atoms. The third-order valence-corrected chi connectivity index (χ3v) is 3.87. The Labute approximate surface area is 132 Å². The van der Waals surface area contributed by atoms with Crippen molar-refractivity contribution in [1.29, 1.82) is 0 Å². The highest BCUT2D eigenvalue weighted by atomic mass is 32.1. The van der Waals surface area contributed by atoms with E-state index in [0.29, 0.717) is 12.3 Å². The SMILES string of the molecule is CC(C(=O)NCc1cccc(OCC(=O)O)c1)c1ccsc1. The van der Waals surface area contributed by atoms with E-state index in [1.54, 1.807) is 29.5 Å². The molecule has 0 fully saturated rings. The number of carboxylic acids is 1. The lowest BCUT2D eigenvalue weighted by atomic mass is 10.0. The van der Waals surface area contributed by atoms with Crippen LogP contribution in [0.1, 0.15) is 24.0 Å². The van der Waals surface area contributed by atoms with Crippen LogP contribution < -0.4 is 10.1 Å². The molecule has 2 N–H and O–H groups in total. The van der Waals surface area contributed by atoms with Gasteiger partial charge >= 0.3 is 5.97 Å². The Morgan fingerprint density at radius 3 is 2.86 bits per heavy atom. The Morgan fingerprint density at radius 1 is 1.36 bits per heavy atom. The molecule has 2 aromatic rings. The molecule has 22 heavy (non-hydrogen) atoms. The van der Waals surface area contributed by atoms with Crippen molar-refractivity contribution >= 4 is 23.2 Å². The Morgan fingerprint density at radius 2 is 2.18 bits per heavy atom. The van der Waals surface area contributed by atoms with Crippen LogP contribution in [0.4, 0.5) is 0 Å². The van der Waals surface area contributed by atoms with Gasteiger partial charge in [0.05, 0.1) is 5.92 Å². The highest BCUT2D eigenvalue weighted by molar-refractivity contribution is 7.08. The van der Waals surface area contributed by atoms with Crippen LogP contribution in [-0.4, -0.2) is 23.6 Å². The number of nitrogens with one attached hydrogen (secondary N) is 1. The lowest BCUT2D eigenvalue weighted by Crippen LogP contribution is -2.27. The molecular weight excluding hydrogens is 302 g/mol. The van der Waals surface area contributed by atoms with Crippen LogP contribution >= 0.6 is 11.3 Å². The van der Waals surface area contributed by atoms with Gasteiger partial charge in [-0.1, -0.05) is 12.1 Å². The number of hydrogen-bond donors (Lipinski definition) is 2. The van der Waals surface area contributed by atoms with Crippen LogP contribution in [0.5, 0.6) is 5.75 Å². The highest BCUT2D eigenvalue weighted by Crippen LogP contribution is 2.18. The summed E-state index contributed by atoms with van der Waals surface area (Å²) in [6.07, 6.45) is 0. The Hall–Kier alpha value is -2.34. The van der Waals surface area contributed by atoms with E-state index in [4.69, 9.17) is 9.84 Å². The number of benzene rings is 1. The molecule has 0 saturated heterocycles. The summed E-state index contributed by atoms with van der Waals surface area (Å²) in [4.78, 5) is 22.6. The molecule has 1 amide bonds. The minimum atomic E-state index is -1.02. The van der Waals surface area contributed by atoms with Gasteiger partial charge in [0.2, 0.25) is 5.91 Å². The van der Waals surface area contributed by atoms with E-state index >= 15 is 0 Å².